The van der Waals surface area contributed by atoms with Gasteiger partial charge in [0.05, 0.1) is 14.1 Å². The Morgan fingerprint density at radius 1 is 1.25 bits per heavy atom. The molecule has 1 heteroatoms. The predicted molar refractivity (Wildman–Crippen MR) is 70.1 cm³/mol. The Kier molecular flexibility index (Phi) is 3.78. The van der Waals surface area contributed by atoms with Crippen molar-refractivity contribution in [1.29, 1.82) is 0 Å². The first-order valence-electron chi connectivity index (χ1n) is 5.72. The second-order valence-electron chi connectivity index (χ2n) is 5.16. The van der Waals surface area contributed by atoms with Gasteiger partial charge in [-0.3, -0.25) is 0 Å². The van der Waals surface area contributed by atoms with Crippen LogP contribution in [0, 0.1) is 26.2 Å². The van der Waals surface area contributed by atoms with Crippen molar-refractivity contribution >= 4 is 0 Å². The molecule has 0 amide bonds. The van der Waals surface area contributed by atoms with E-state index in [1.807, 2.05) is 0 Å². The van der Waals surface area contributed by atoms with Gasteiger partial charge in [0.15, 0.2) is 0 Å². The number of rotatable bonds is 3. The first kappa shape index (κ1) is 12.8. The van der Waals surface area contributed by atoms with Crippen LogP contribution in [0.25, 0.3) is 0 Å². The van der Waals surface area contributed by atoms with Gasteiger partial charge in [0.1, 0.15) is 12.6 Å². The van der Waals surface area contributed by atoms with Crippen LogP contribution in [0.4, 0.5) is 0 Å². The van der Waals surface area contributed by atoms with E-state index in [9.17, 15) is 0 Å². The molecule has 0 spiro atoms. The molecule has 1 aromatic rings. The van der Waals surface area contributed by atoms with E-state index in [0.717, 1.165) is 11.0 Å². The van der Waals surface area contributed by atoms with Crippen molar-refractivity contribution in [2.45, 2.75) is 26.8 Å². The summed E-state index contributed by atoms with van der Waals surface area (Å²) >= 11 is 0. The van der Waals surface area contributed by atoms with Crippen molar-refractivity contribution in [2.24, 2.45) is 0 Å². The normalized spacial score (nSPS) is 13.2. The van der Waals surface area contributed by atoms with Crippen molar-refractivity contribution in [3.05, 3.63) is 34.9 Å². The van der Waals surface area contributed by atoms with E-state index in [1.54, 1.807) is 0 Å². The van der Waals surface area contributed by atoms with E-state index < -0.39 is 0 Å². The topological polar surface area (TPSA) is 0 Å². The molecular weight excluding hydrogens is 194 g/mol. The molecule has 86 valence electrons. The van der Waals surface area contributed by atoms with Gasteiger partial charge in [-0.05, 0) is 43.9 Å². The van der Waals surface area contributed by atoms with Gasteiger partial charge in [-0.2, -0.15) is 0 Å². The van der Waals surface area contributed by atoms with Crippen LogP contribution in [0.2, 0.25) is 0 Å². The zero-order chi connectivity index (χ0) is 12.3. The van der Waals surface area contributed by atoms with Crippen LogP contribution in [0.5, 0.6) is 0 Å². The zero-order valence-electron chi connectivity index (χ0n) is 11.0. The van der Waals surface area contributed by atoms with E-state index in [-0.39, 0.29) is 0 Å². The van der Waals surface area contributed by atoms with Crippen molar-refractivity contribution in [1.82, 2.24) is 0 Å². The minimum atomic E-state index is 0.426. The Hall–Kier alpha value is -1.26. The van der Waals surface area contributed by atoms with E-state index in [2.05, 4.69) is 59.0 Å². The average molecular weight is 216 g/mol. The van der Waals surface area contributed by atoms with Gasteiger partial charge < -0.3 is 4.48 Å². The van der Waals surface area contributed by atoms with E-state index in [4.69, 9.17) is 6.42 Å². The van der Waals surface area contributed by atoms with Crippen LogP contribution in [0.15, 0.2) is 18.2 Å². The highest BCUT2D eigenvalue weighted by molar-refractivity contribution is 5.30. The van der Waals surface area contributed by atoms with E-state index >= 15 is 0 Å². The summed E-state index contributed by atoms with van der Waals surface area (Å²) in [6.45, 7) is 7.30. The molecule has 0 saturated heterocycles. The Morgan fingerprint density at radius 3 is 2.38 bits per heavy atom. The summed E-state index contributed by atoms with van der Waals surface area (Å²) in [5.41, 5.74) is 4.06. The Balaban J connectivity index is 3.01. The van der Waals surface area contributed by atoms with Gasteiger partial charge in [-0.1, -0.05) is 12.1 Å². The van der Waals surface area contributed by atoms with Crippen LogP contribution in [-0.4, -0.2) is 25.1 Å². The summed E-state index contributed by atoms with van der Waals surface area (Å²) in [6.07, 6.45) is 5.42. The molecule has 0 aromatic heterocycles. The average Bonchev–Trinajstić information content (AvgIpc) is 2.21. The molecular formula is C15H22N+. The van der Waals surface area contributed by atoms with Gasteiger partial charge in [-0.25, -0.2) is 0 Å². The van der Waals surface area contributed by atoms with Crippen molar-refractivity contribution in [2.75, 3.05) is 20.6 Å². The lowest BCUT2D eigenvalue weighted by Crippen LogP contribution is -2.42. The number of terminal acetylenes is 1. The molecule has 0 bridgehead atoms. The monoisotopic (exact) mass is 216 g/mol. The molecule has 0 radical (unpaired) electrons. The maximum Gasteiger partial charge on any atom is 0.140 e. The number of benzene rings is 1. The lowest BCUT2D eigenvalue weighted by molar-refractivity contribution is -0.912. The lowest BCUT2D eigenvalue weighted by atomic mass is 10.00. The van der Waals surface area contributed by atoms with Gasteiger partial charge >= 0.3 is 0 Å². The lowest BCUT2D eigenvalue weighted by Gasteiger charge is -2.34. The minimum Gasteiger partial charge on any atom is -0.312 e. The first-order valence-corrected chi connectivity index (χ1v) is 5.72. The Labute approximate surface area is 99.7 Å². The molecule has 0 aliphatic carbocycles. The molecule has 1 aromatic carbocycles. The second kappa shape index (κ2) is 4.72. The molecule has 1 atom stereocenters. The molecule has 0 aliphatic rings. The fourth-order valence-electron chi connectivity index (χ4n) is 1.80. The quantitative estimate of drug-likeness (QED) is 0.538. The van der Waals surface area contributed by atoms with Gasteiger partial charge in [-0.15, -0.1) is 6.42 Å². The smallest absolute Gasteiger partial charge is 0.140 e. The Bertz CT molecular complexity index is 410. The van der Waals surface area contributed by atoms with E-state index in [1.165, 1.54) is 16.7 Å². The second-order valence-corrected chi connectivity index (χ2v) is 5.16. The van der Waals surface area contributed by atoms with Crippen molar-refractivity contribution in [3.63, 3.8) is 0 Å². The molecule has 0 saturated carbocycles. The number of hydrogen-bond donors (Lipinski definition) is 0. The maximum absolute atomic E-state index is 5.42. The molecule has 1 rings (SSSR count). The molecule has 0 N–H and O–H groups in total. The molecule has 0 heterocycles. The number of hydrogen-bond acceptors (Lipinski definition) is 0. The largest absolute Gasteiger partial charge is 0.312 e. The van der Waals surface area contributed by atoms with Crippen LogP contribution >= 0.6 is 0 Å². The van der Waals surface area contributed by atoms with Crippen molar-refractivity contribution in [3.8, 4) is 12.3 Å². The standard InChI is InChI=1S/C15H22N/c1-7-10-16(5,6)14(4)15-9-8-12(2)13(3)11-15/h1,8-9,11,14H,10H2,2-6H3/q+1. The summed E-state index contributed by atoms with van der Waals surface area (Å²) in [6, 6.07) is 7.10. The molecule has 1 unspecified atom stereocenters. The highest BCUT2D eigenvalue weighted by atomic mass is 15.3. The highest BCUT2D eigenvalue weighted by Gasteiger charge is 2.24. The third-order valence-corrected chi connectivity index (χ3v) is 3.56. The van der Waals surface area contributed by atoms with Crippen LogP contribution < -0.4 is 0 Å². The highest BCUT2D eigenvalue weighted by Crippen LogP contribution is 2.25. The van der Waals surface area contributed by atoms with Crippen molar-refractivity contribution < 1.29 is 4.48 Å². The van der Waals surface area contributed by atoms with Gasteiger partial charge in [0.25, 0.3) is 0 Å². The van der Waals surface area contributed by atoms with Crippen LogP contribution in [-0.2, 0) is 0 Å². The SMILES string of the molecule is C#CC[N+](C)(C)C(C)c1ccc(C)c(C)c1. The minimum absolute atomic E-state index is 0.426. The molecule has 16 heavy (non-hydrogen) atoms. The van der Waals surface area contributed by atoms with Crippen LogP contribution in [0.3, 0.4) is 0 Å². The fraction of sp³-hybridized carbons (Fsp3) is 0.467. The Morgan fingerprint density at radius 2 is 1.88 bits per heavy atom. The summed E-state index contributed by atoms with van der Waals surface area (Å²) in [7, 11) is 4.36. The van der Waals surface area contributed by atoms with Crippen LogP contribution in [0.1, 0.15) is 29.7 Å². The molecule has 1 nitrogen and oxygen atoms in total. The van der Waals surface area contributed by atoms with Gasteiger partial charge in [0.2, 0.25) is 0 Å². The first-order chi connectivity index (χ1) is 7.38. The fourth-order valence-corrected chi connectivity index (χ4v) is 1.80. The predicted octanol–water partition coefficient (Wildman–Crippen LogP) is 3.07. The molecule has 0 aliphatic heterocycles. The third kappa shape index (κ3) is 2.65. The number of quaternary nitrogens is 1. The number of nitrogens with zero attached hydrogens (tertiary/aromatic N) is 1. The van der Waals surface area contributed by atoms with E-state index in [0.29, 0.717) is 6.04 Å². The summed E-state index contributed by atoms with van der Waals surface area (Å²) in [4.78, 5) is 0. The third-order valence-electron chi connectivity index (χ3n) is 3.56. The summed E-state index contributed by atoms with van der Waals surface area (Å²) in [5.74, 6) is 2.76. The maximum atomic E-state index is 5.42. The van der Waals surface area contributed by atoms with Gasteiger partial charge in [0, 0.05) is 5.56 Å². The summed E-state index contributed by atoms with van der Waals surface area (Å²) < 4.78 is 0.832. The number of aryl methyl sites for hydroxylation is 2. The zero-order valence-corrected chi connectivity index (χ0v) is 11.0. The molecule has 0 fully saturated rings. The summed E-state index contributed by atoms with van der Waals surface area (Å²) in [5, 5.41) is 0.